The van der Waals surface area contributed by atoms with Gasteiger partial charge >= 0.3 is 12.0 Å². The van der Waals surface area contributed by atoms with Crippen LogP contribution >= 0.6 is 0 Å². The Morgan fingerprint density at radius 2 is 2.05 bits per heavy atom. The number of amides is 2. The maximum atomic E-state index is 12.5. The summed E-state index contributed by atoms with van der Waals surface area (Å²) in [6, 6.07) is -0.266. The molecule has 6 nitrogen and oxygen atoms in total. The second-order valence-corrected chi connectivity index (χ2v) is 5.62. The van der Waals surface area contributed by atoms with Gasteiger partial charge in [-0.1, -0.05) is 0 Å². The molecule has 20 heavy (non-hydrogen) atoms. The number of urea groups is 1. The Kier molecular flexibility index (Phi) is 4.86. The smallest absolute Gasteiger partial charge is 0.320 e. The molecule has 1 N–H and O–H groups in total. The number of carbonyl (C=O) groups is 2. The lowest BCUT2D eigenvalue weighted by atomic mass is 10.0. The maximum absolute atomic E-state index is 12.5. The summed E-state index contributed by atoms with van der Waals surface area (Å²) in [5.41, 5.74) is 0. The van der Waals surface area contributed by atoms with Crippen LogP contribution < -0.4 is 0 Å². The van der Waals surface area contributed by atoms with Crippen LogP contribution in [0.15, 0.2) is 0 Å². The third-order valence-electron chi connectivity index (χ3n) is 4.37. The lowest BCUT2D eigenvalue weighted by molar-refractivity contribution is -0.142. The second-order valence-electron chi connectivity index (χ2n) is 5.62. The highest BCUT2D eigenvalue weighted by Crippen LogP contribution is 2.26. The van der Waals surface area contributed by atoms with E-state index >= 15 is 0 Å². The molecule has 3 atom stereocenters. The molecular weight excluding hydrogens is 260 g/mol. The molecule has 0 saturated carbocycles. The van der Waals surface area contributed by atoms with Gasteiger partial charge in [-0.25, -0.2) is 4.79 Å². The largest absolute Gasteiger partial charge is 0.481 e. The zero-order valence-corrected chi connectivity index (χ0v) is 12.2. The van der Waals surface area contributed by atoms with Crippen molar-refractivity contribution in [3.8, 4) is 0 Å². The molecule has 0 aromatic carbocycles. The Bertz CT molecular complexity index is 372. The van der Waals surface area contributed by atoms with Crippen LogP contribution in [-0.2, 0) is 9.53 Å². The van der Waals surface area contributed by atoms with E-state index in [-0.39, 0.29) is 18.2 Å². The Labute approximate surface area is 119 Å². The normalized spacial score (nSPS) is 30.6. The molecular formula is C14H24N2O4. The van der Waals surface area contributed by atoms with Gasteiger partial charge in [0.2, 0.25) is 0 Å². The first-order valence-corrected chi connectivity index (χ1v) is 7.44. The highest BCUT2D eigenvalue weighted by Gasteiger charge is 2.40. The van der Waals surface area contributed by atoms with Gasteiger partial charge in [0.05, 0.1) is 12.0 Å². The molecule has 0 bridgehead atoms. The van der Waals surface area contributed by atoms with Gasteiger partial charge in [0, 0.05) is 32.3 Å². The number of nitrogens with zero attached hydrogens (tertiary/aromatic N) is 2. The average Bonchev–Trinajstić information content (AvgIpc) is 2.80. The molecule has 2 saturated heterocycles. The zero-order chi connectivity index (χ0) is 14.7. The standard InChI is InChI=1S/C14H24N2O4/c1-3-20-11-5-4-7-15(9-11)14(19)16-8-6-12(10(16)2)13(17)18/h10-12H,3-9H2,1-2H3,(H,17,18). The van der Waals surface area contributed by atoms with Crippen molar-refractivity contribution in [1.29, 1.82) is 0 Å². The quantitative estimate of drug-likeness (QED) is 0.850. The van der Waals surface area contributed by atoms with Gasteiger partial charge in [-0.05, 0) is 33.1 Å². The van der Waals surface area contributed by atoms with Gasteiger partial charge in [0.25, 0.3) is 0 Å². The summed E-state index contributed by atoms with van der Waals surface area (Å²) >= 11 is 0. The monoisotopic (exact) mass is 284 g/mol. The van der Waals surface area contributed by atoms with Gasteiger partial charge in [0.1, 0.15) is 0 Å². The van der Waals surface area contributed by atoms with Gasteiger partial charge in [-0.2, -0.15) is 0 Å². The van der Waals surface area contributed by atoms with Crippen LogP contribution in [0.4, 0.5) is 4.79 Å². The lowest BCUT2D eigenvalue weighted by Gasteiger charge is -2.36. The summed E-state index contributed by atoms with van der Waals surface area (Å²) in [6.45, 7) is 6.34. The number of carboxylic acid groups (broad SMARTS) is 1. The highest BCUT2D eigenvalue weighted by molar-refractivity contribution is 5.78. The third kappa shape index (κ3) is 3.06. The minimum Gasteiger partial charge on any atom is -0.481 e. The number of piperidine rings is 1. The first-order valence-electron chi connectivity index (χ1n) is 7.44. The molecule has 0 aromatic heterocycles. The van der Waals surface area contributed by atoms with Crippen molar-refractivity contribution in [3.63, 3.8) is 0 Å². The topological polar surface area (TPSA) is 70.1 Å². The van der Waals surface area contributed by atoms with Gasteiger partial charge in [-0.15, -0.1) is 0 Å². The Morgan fingerprint density at radius 1 is 1.30 bits per heavy atom. The molecule has 2 fully saturated rings. The number of hydrogen-bond acceptors (Lipinski definition) is 3. The van der Waals surface area contributed by atoms with E-state index in [0.717, 1.165) is 19.4 Å². The van der Waals surface area contributed by atoms with Crippen molar-refractivity contribution in [3.05, 3.63) is 0 Å². The predicted octanol–water partition coefficient (Wildman–Crippen LogP) is 1.40. The lowest BCUT2D eigenvalue weighted by Crippen LogP contribution is -2.51. The summed E-state index contributed by atoms with van der Waals surface area (Å²) in [6.07, 6.45) is 2.60. The minimum absolute atomic E-state index is 0.0364. The number of aliphatic carboxylic acids is 1. The highest BCUT2D eigenvalue weighted by atomic mass is 16.5. The number of likely N-dealkylation sites (tertiary alicyclic amines) is 2. The summed E-state index contributed by atoms with van der Waals surface area (Å²) in [5, 5.41) is 9.13. The van der Waals surface area contributed by atoms with E-state index < -0.39 is 11.9 Å². The first-order chi connectivity index (χ1) is 9.54. The second kappa shape index (κ2) is 6.43. The van der Waals surface area contributed by atoms with E-state index in [1.54, 1.807) is 4.90 Å². The molecule has 114 valence electrons. The molecule has 2 rings (SSSR count). The number of rotatable bonds is 3. The first kappa shape index (κ1) is 15.1. The molecule has 0 spiro atoms. The van der Waals surface area contributed by atoms with E-state index in [0.29, 0.717) is 26.1 Å². The van der Waals surface area contributed by atoms with Crippen LogP contribution in [0.2, 0.25) is 0 Å². The molecule has 0 aromatic rings. The van der Waals surface area contributed by atoms with Crippen molar-refractivity contribution in [1.82, 2.24) is 9.80 Å². The summed E-state index contributed by atoms with van der Waals surface area (Å²) in [4.78, 5) is 27.2. The summed E-state index contributed by atoms with van der Waals surface area (Å²) < 4.78 is 5.61. The van der Waals surface area contributed by atoms with Crippen LogP contribution in [0.5, 0.6) is 0 Å². The zero-order valence-electron chi connectivity index (χ0n) is 12.2. The van der Waals surface area contributed by atoms with E-state index in [9.17, 15) is 9.59 Å². The van der Waals surface area contributed by atoms with Crippen LogP contribution in [0, 0.1) is 5.92 Å². The fraction of sp³-hybridized carbons (Fsp3) is 0.857. The molecule has 2 amide bonds. The van der Waals surface area contributed by atoms with Crippen LogP contribution in [0.3, 0.4) is 0 Å². The Morgan fingerprint density at radius 3 is 2.65 bits per heavy atom. The number of carboxylic acids is 1. The molecule has 0 aliphatic carbocycles. The van der Waals surface area contributed by atoms with Gasteiger partial charge in [0.15, 0.2) is 0 Å². The van der Waals surface area contributed by atoms with Gasteiger partial charge < -0.3 is 19.6 Å². The average molecular weight is 284 g/mol. The van der Waals surface area contributed by atoms with Crippen molar-refractivity contribution < 1.29 is 19.4 Å². The van der Waals surface area contributed by atoms with E-state index in [4.69, 9.17) is 9.84 Å². The summed E-state index contributed by atoms with van der Waals surface area (Å²) in [5.74, 6) is -1.25. The minimum atomic E-state index is -0.807. The molecule has 2 aliphatic rings. The van der Waals surface area contributed by atoms with Crippen molar-refractivity contribution in [2.24, 2.45) is 5.92 Å². The van der Waals surface area contributed by atoms with Crippen molar-refractivity contribution >= 4 is 12.0 Å². The van der Waals surface area contributed by atoms with Crippen LogP contribution in [0.1, 0.15) is 33.1 Å². The van der Waals surface area contributed by atoms with E-state index in [1.165, 1.54) is 0 Å². The SMILES string of the molecule is CCOC1CCCN(C(=O)N2CCC(C(=O)O)C2C)C1. The number of ether oxygens (including phenoxy) is 1. The van der Waals surface area contributed by atoms with Crippen molar-refractivity contribution in [2.75, 3.05) is 26.2 Å². The molecule has 3 unspecified atom stereocenters. The fourth-order valence-electron chi connectivity index (χ4n) is 3.21. The van der Waals surface area contributed by atoms with E-state index in [2.05, 4.69) is 0 Å². The van der Waals surface area contributed by atoms with Crippen LogP contribution in [-0.4, -0.2) is 65.3 Å². The molecule has 0 radical (unpaired) electrons. The van der Waals surface area contributed by atoms with Crippen LogP contribution in [0.25, 0.3) is 0 Å². The Balaban J connectivity index is 1.95. The van der Waals surface area contributed by atoms with E-state index in [1.807, 2.05) is 18.7 Å². The third-order valence-corrected chi connectivity index (χ3v) is 4.37. The maximum Gasteiger partial charge on any atom is 0.320 e. The molecule has 2 aliphatic heterocycles. The van der Waals surface area contributed by atoms with Gasteiger partial charge in [-0.3, -0.25) is 4.79 Å². The Hall–Kier alpha value is -1.30. The van der Waals surface area contributed by atoms with Crippen molar-refractivity contribution in [2.45, 2.75) is 45.3 Å². The fourth-order valence-corrected chi connectivity index (χ4v) is 3.21. The predicted molar refractivity (Wildman–Crippen MR) is 73.5 cm³/mol. The number of hydrogen-bond donors (Lipinski definition) is 1. The summed E-state index contributed by atoms with van der Waals surface area (Å²) in [7, 11) is 0. The molecule has 2 heterocycles. The number of carbonyl (C=O) groups excluding carboxylic acids is 1. The molecule has 6 heteroatoms.